The van der Waals surface area contributed by atoms with Crippen LogP contribution in [0.3, 0.4) is 0 Å². The average Bonchev–Trinajstić information content (AvgIpc) is 2.52. The molecule has 0 saturated heterocycles. The third-order valence-electron chi connectivity index (χ3n) is 3.04. The number of aliphatic imine (C=N–C) groups is 1. The molecule has 0 aliphatic carbocycles. The van der Waals surface area contributed by atoms with Crippen molar-refractivity contribution in [3.8, 4) is 0 Å². The lowest BCUT2D eigenvalue weighted by atomic mass is 10.1. The molecule has 0 aromatic heterocycles. The molecule has 3 rings (SSSR count). The van der Waals surface area contributed by atoms with E-state index in [9.17, 15) is 4.39 Å². The first-order chi connectivity index (χ1) is 10.2. The number of halogens is 1. The minimum absolute atomic E-state index is 0.256. The van der Waals surface area contributed by atoms with Crippen LogP contribution in [0.5, 0.6) is 0 Å². The van der Waals surface area contributed by atoms with E-state index in [2.05, 4.69) is 22.2 Å². The molecule has 106 valence electrons. The van der Waals surface area contributed by atoms with Crippen molar-refractivity contribution in [1.82, 2.24) is 5.01 Å². The molecule has 0 atom stereocenters. The van der Waals surface area contributed by atoms with Gasteiger partial charge < -0.3 is 0 Å². The summed E-state index contributed by atoms with van der Waals surface area (Å²) < 4.78 is 12.9. The zero-order valence-electron chi connectivity index (χ0n) is 11.5. The summed E-state index contributed by atoms with van der Waals surface area (Å²) in [4.78, 5) is 4.50. The summed E-state index contributed by atoms with van der Waals surface area (Å²) in [6.45, 7) is 0. The van der Waals surface area contributed by atoms with Gasteiger partial charge in [-0.15, -0.1) is 0 Å². The lowest BCUT2D eigenvalue weighted by Gasteiger charge is -2.22. The Kier molecular flexibility index (Phi) is 4.01. The van der Waals surface area contributed by atoms with Crippen LogP contribution in [0.2, 0.25) is 0 Å². The van der Waals surface area contributed by atoms with Gasteiger partial charge in [0, 0.05) is 12.8 Å². The van der Waals surface area contributed by atoms with Gasteiger partial charge in [0.1, 0.15) is 5.82 Å². The molecule has 1 aliphatic rings. The lowest BCUT2D eigenvalue weighted by Crippen LogP contribution is -2.27. The van der Waals surface area contributed by atoms with Gasteiger partial charge in [0.05, 0.1) is 11.4 Å². The first-order valence-electron chi connectivity index (χ1n) is 6.56. The molecule has 2 aromatic carbocycles. The van der Waals surface area contributed by atoms with E-state index in [1.54, 1.807) is 28.9 Å². The van der Waals surface area contributed by atoms with Crippen LogP contribution in [0.1, 0.15) is 5.56 Å². The van der Waals surface area contributed by atoms with E-state index in [-0.39, 0.29) is 5.82 Å². The third kappa shape index (κ3) is 3.31. The fraction of sp³-hybridized carbons (Fsp3) is 0.125. The number of hydrazone groups is 1. The van der Waals surface area contributed by atoms with E-state index >= 15 is 0 Å². The highest BCUT2D eigenvalue weighted by Crippen LogP contribution is 2.22. The van der Waals surface area contributed by atoms with Crippen molar-refractivity contribution in [2.45, 2.75) is 0 Å². The molecular formula is C16H14FN3S. The molecule has 0 N–H and O–H groups in total. The Hall–Kier alpha value is -2.14. The second kappa shape index (κ2) is 6.10. The predicted octanol–water partition coefficient (Wildman–Crippen LogP) is 3.90. The molecule has 0 fully saturated rings. The Morgan fingerprint density at radius 3 is 2.48 bits per heavy atom. The summed E-state index contributed by atoms with van der Waals surface area (Å²) >= 11 is 1.62. The third-order valence-corrected chi connectivity index (χ3v) is 4.08. The standard InChI is InChI=1S/C16H14FN3S/c1-20-16(18-14-9-7-13(17)8-10-14)21-11-15(19-20)12-5-3-2-4-6-12/h2-10H,11H2,1H3. The molecule has 21 heavy (non-hydrogen) atoms. The van der Waals surface area contributed by atoms with Crippen molar-refractivity contribution in [2.75, 3.05) is 12.8 Å². The zero-order valence-corrected chi connectivity index (χ0v) is 12.3. The quantitative estimate of drug-likeness (QED) is 0.841. The molecule has 1 aliphatic heterocycles. The molecule has 1 heterocycles. The number of thioether (sulfide) groups is 1. The monoisotopic (exact) mass is 299 g/mol. The van der Waals surface area contributed by atoms with Crippen LogP contribution in [-0.4, -0.2) is 28.7 Å². The Morgan fingerprint density at radius 2 is 1.81 bits per heavy atom. The number of hydrogen-bond donors (Lipinski definition) is 0. The summed E-state index contributed by atoms with van der Waals surface area (Å²) in [5, 5.41) is 7.14. The van der Waals surface area contributed by atoms with Crippen molar-refractivity contribution in [2.24, 2.45) is 10.1 Å². The van der Waals surface area contributed by atoms with Gasteiger partial charge in [0.2, 0.25) is 0 Å². The summed E-state index contributed by atoms with van der Waals surface area (Å²) in [6, 6.07) is 16.2. The largest absolute Gasteiger partial charge is 0.245 e. The van der Waals surface area contributed by atoms with E-state index < -0.39 is 0 Å². The number of nitrogens with zero attached hydrogens (tertiary/aromatic N) is 3. The number of hydrogen-bond acceptors (Lipinski definition) is 3. The average molecular weight is 299 g/mol. The predicted molar refractivity (Wildman–Crippen MR) is 86.7 cm³/mol. The SMILES string of the molecule is CN1N=C(c2ccccc2)CSC1=Nc1ccc(F)cc1. The topological polar surface area (TPSA) is 28.0 Å². The van der Waals surface area contributed by atoms with Crippen LogP contribution in [0.25, 0.3) is 0 Å². The Bertz CT molecular complexity index is 680. The van der Waals surface area contributed by atoms with Crippen molar-refractivity contribution in [3.05, 3.63) is 66.0 Å². The van der Waals surface area contributed by atoms with Gasteiger partial charge in [-0.2, -0.15) is 5.10 Å². The van der Waals surface area contributed by atoms with Crippen molar-refractivity contribution >= 4 is 28.3 Å². The van der Waals surface area contributed by atoms with Gasteiger partial charge in [-0.3, -0.25) is 0 Å². The summed E-state index contributed by atoms with van der Waals surface area (Å²) in [7, 11) is 1.87. The lowest BCUT2D eigenvalue weighted by molar-refractivity contribution is 0.553. The molecule has 0 amide bonds. The van der Waals surface area contributed by atoms with E-state index in [0.717, 1.165) is 27.9 Å². The molecule has 0 unspecified atom stereocenters. The molecular weight excluding hydrogens is 285 g/mol. The highest BCUT2D eigenvalue weighted by atomic mass is 32.2. The molecule has 5 heteroatoms. The first kappa shape index (κ1) is 13.8. The van der Waals surface area contributed by atoms with Crippen LogP contribution in [0.15, 0.2) is 64.7 Å². The van der Waals surface area contributed by atoms with Gasteiger partial charge in [0.15, 0.2) is 5.17 Å². The fourth-order valence-electron chi connectivity index (χ4n) is 1.98. The highest BCUT2D eigenvalue weighted by molar-refractivity contribution is 8.14. The number of benzene rings is 2. The Balaban J connectivity index is 1.82. The van der Waals surface area contributed by atoms with Crippen molar-refractivity contribution in [3.63, 3.8) is 0 Å². The normalized spacial score (nSPS) is 17.0. The Labute approximate surface area is 127 Å². The van der Waals surface area contributed by atoms with Crippen LogP contribution < -0.4 is 0 Å². The van der Waals surface area contributed by atoms with E-state index in [1.165, 1.54) is 12.1 Å². The van der Waals surface area contributed by atoms with Crippen molar-refractivity contribution < 1.29 is 4.39 Å². The van der Waals surface area contributed by atoms with Crippen molar-refractivity contribution in [1.29, 1.82) is 0 Å². The number of amidine groups is 1. The van der Waals surface area contributed by atoms with Gasteiger partial charge in [0.25, 0.3) is 0 Å². The smallest absolute Gasteiger partial charge is 0.185 e. The van der Waals surface area contributed by atoms with Crippen LogP contribution in [0, 0.1) is 5.82 Å². The van der Waals surface area contributed by atoms with Crippen LogP contribution in [0.4, 0.5) is 10.1 Å². The molecule has 0 saturated carbocycles. The first-order valence-corrected chi connectivity index (χ1v) is 7.54. The summed E-state index contributed by atoms with van der Waals surface area (Å²) in [5.74, 6) is 0.516. The van der Waals surface area contributed by atoms with E-state index in [1.807, 2.05) is 25.2 Å². The van der Waals surface area contributed by atoms with Gasteiger partial charge >= 0.3 is 0 Å². The molecule has 0 bridgehead atoms. The Morgan fingerprint density at radius 1 is 1.10 bits per heavy atom. The van der Waals surface area contributed by atoms with Gasteiger partial charge in [-0.1, -0.05) is 42.1 Å². The number of rotatable bonds is 2. The van der Waals surface area contributed by atoms with E-state index in [0.29, 0.717) is 0 Å². The highest BCUT2D eigenvalue weighted by Gasteiger charge is 2.17. The maximum atomic E-state index is 12.9. The summed E-state index contributed by atoms with van der Waals surface area (Å²) in [5.41, 5.74) is 2.88. The van der Waals surface area contributed by atoms with Crippen LogP contribution >= 0.6 is 11.8 Å². The summed E-state index contributed by atoms with van der Waals surface area (Å²) in [6.07, 6.45) is 0. The second-order valence-electron chi connectivity index (χ2n) is 4.60. The zero-order chi connectivity index (χ0) is 14.7. The molecule has 2 aromatic rings. The van der Waals surface area contributed by atoms with Crippen LogP contribution in [-0.2, 0) is 0 Å². The fourth-order valence-corrected chi connectivity index (χ4v) is 2.87. The maximum Gasteiger partial charge on any atom is 0.185 e. The second-order valence-corrected chi connectivity index (χ2v) is 5.54. The van der Waals surface area contributed by atoms with Gasteiger partial charge in [-0.25, -0.2) is 14.4 Å². The van der Waals surface area contributed by atoms with E-state index in [4.69, 9.17) is 0 Å². The molecule has 3 nitrogen and oxygen atoms in total. The van der Waals surface area contributed by atoms with Gasteiger partial charge in [-0.05, 0) is 29.8 Å². The minimum Gasteiger partial charge on any atom is -0.245 e. The molecule has 0 radical (unpaired) electrons. The minimum atomic E-state index is -0.256. The maximum absolute atomic E-state index is 12.9. The molecule has 0 spiro atoms.